The van der Waals surface area contributed by atoms with Gasteiger partial charge in [-0.25, -0.2) is 4.98 Å². The molecule has 21 heavy (non-hydrogen) atoms. The Kier molecular flexibility index (Phi) is 3.94. The Balaban J connectivity index is 1.49. The van der Waals surface area contributed by atoms with Crippen molar-refractivity contribution in [3.05, 3.63) is 18.7 Å². The van der Waals surface area contributed by atoms with E-state index in [4.69, 9.17) is 0 Å². The van der Waals surface area contributed by atoms with E-state index in [2.05, 4.69) is 10.3 Å². The molecule has 2 saturated carbocycles. The third-order valence-corrected chi connectivity index (χ3v) is 4.96. The van der Waals surface area contributed by atoms with Gasteiger partial charge >= 0.3 is 5.97 Å². The lowest BCUT2D eigenvalue weighted by atomic mass is 9.78. The molecule has 2 fully saturated rings. The average molecular weight is 291 g/mol. The zero-order chi connectivity index (χ0) is 14.8. The first kappa shape index (κ1) is 14.1. The minimum absolute atomic E-state index is 0.0692. The molecule has 1 heterocycles. The summed E-state index contributed by atoms with van der Waals surface area (Å²) in [4.78, 5) is 27.7. The van der Waals surface area contributed by atoms with Crippen molar-refractivity contribution in [1.82, 2.24) is 14.9 Å². The van der Waals surface area contributed by atoms with E-state index in [0.29, 0.717) is 6.54 Å². The summed E-state index contributed by atoms with van der Waals surface area (Å²) in [6.45, 7) is 1.39. The molecule has 6 nitrogen and oxygen atoms in total. The fourth-order valence-electron chi connectivity index (χ4n) is 4.03. The molecule has 0 unspecified atom stereocenters. The second-order valence-corrected chi connectivity index (χ2v) is 6.17. The number of carboxylic acids is 1. The number of aromatic nitrogens is 2. The first-order chi connectivity index (χ1) is 10.2. The fourth-order valence-corrected chi connectivity index (χ4v) is 4.03. The molecule has 1 aromatic heterocycles. The number of carbonyl (C=O) groups is 2. The molecule has 1 amide bonds. The molecular formula is C15H21N3O3. The number of aryl methyl sites for hydroxylation is 1. The highest BCUT2D eigenvalue weighted by atomic mass is 16.4. The second kappa shape index (κ2) is 5.87. The summed E-state index contributed by atoms with van der Waals surface area (Å²) in [5.41, 5.74) is 0. The van der Waals surface area contributed by atoms with E-state index in [1.807, 2.05) is 10.8 Å². The van der Waals surface area contributed by atoms with Crippen LogP contribution < -0.4 is 5.32 Å². The largest absolute Gasteiger partial charge is 0.481 e. The Hall–Kier alpha value is -1.85. The van der Waals surface area contributed by atoms with Gasteiger partial charge in [0.1, 0.15) is 0 Å². The summed E-state index contributed by atoms with van der Waals surface area (Å²) >= 11 is 0. The summed E-state index contributed by atoms with van der Waals surface area (Å²) in [6.07, 6.45) is 9.06. The Morgan fingerprint density at radius 2 is 2.05 bits per heavy atom. The van der Waals surface area contributed by atoms with Gasteiger partial charge in [0.2, 0.25) is 5.91 Å². The second-order valence-electron chi connectivity index (χ2n) is 6.17. The molecular weight excluding hydrogens is 270 g/mol. The van der Waals surface area contributed by atoms with E-state index in [1.165, 1.54) is 0 Å². The van der Waals surface area contributed by atoms with E-state index in [1.54, 1.807) is 12.5 Å². The van der Waals surface area contributed by atoms with Gasteiger partial charge in [0.05, 0.1) is 18.2 Å². The van der Waals surface area contributed by atoms with E-state index in [-0.39, 0.29) is 23.7 Å². The van der Waals surface area contributed by atoms with Crippen molar-refractivity contribution in [1.29, 1.82) is 0 Å². The number of amides is 1. The highest BCUT2D eigenvalue weighted by Crippen LogP contribution is 2.52. The fraction of sp³-hybridized carbons (Fsp3) is 0.667. The van der Waals surface area contributed by atoms with Gasteiger partial charge in [0, 0.05) is 25.5 Å². The van der Waals surface area contributed by atoms with Crippen LogP contribution in [0.25, 0.3) is 0 Å². The van der Waals surface area contributed by atoms with Crippen LogP contribution >= 0.6 is 0 Å². The Morgan fingerprint density at radius 1 is 1.29 bits per heavy atom. The van der Waals surface area contributed by atoms with Crippen LogP contribution in [0.2, 0.25) is 0 Å². The number of rotatable bonds is 6. The average Bonchev–Trinajstić information content (AvgIpc) is 3.18. The van der Waals surface area contributed by atoms with E-state index < -0.39 is 11.9 Å². The van der Waals surface area contributed by atoms with Crippen LogP contribution in [0.15, 0.2) is 18.7 Å². The summed E-state index contributed by atoms with van der Waals surface area (Å²) in [5, 5.41) is 12.3. The van der Waals surface area contributed by atoms with Gasteiger partial charge in [-0.15, -0.1) is 0 Å². The highest BCUT2D eigenvalue weighted by molar-refractivity contribution is 5.86. The van der Waals surface area contributed by atoms with Crippen molar-refractivity contribution in [2.24, 2.45) is 23.7 Å². The van der Waals surface area contributed by atoms with Gasteiger partial charge in [-0.1, -0.05) is 0 Å². The summed E-state index contributed by atoms with van der Waals surface area (Å²) in [7, 11) is 0. The number of nitrogens with one attached hydrogen (secondary N) is 1. The number of carboxylic acid groups (broad SMARTS) is 1. The van der Waals surface area contributed by atoms with Gasteiger partial charge < -0.3 is 15.0 Å². The number of aliphatic carboxylic acids is 1. The molecule has 4 atom stereocenters. The van der Waals surface area contributed by atoms with E-state index in [0.717, 1.165) is 32.2 Å². The van der Waals surface area contributed by atoms with Crippen LogP contribution in [-0.2, 0) is 16.1 Å². The lowest BCUT2D eigenvalue weighted by Gasteiger charge is -2.27. The minimum atomic E-state index is -0.805. The smallest absolute Gasteiger partial charge is 0.307 e. The van der Waals surface area contributed by atoms with Crippen LogP contribution in [0.3, 0.4) is 0 Å². The van der Waals surface area contributed by atoms with Crippen molar-refractivity contribution < 1.29 is 14.7 Å². The van der Waals surface area contributed by atoms with Crippen LogP contribution in [-0.4, -0.2) is 33.1 Å². The van der Waals surface area contributed by atoms with E-state index >= 15 is 0 Å². The zero-order valence-electron chi connectivity index (χ0n) is 11.9. The lowest BCUT2D eigenvalue weighted by molar-refractivity contribution is -0.149. The predicted molar refractivity (Wildman–Crippen MR) is 75.3 cm³/mol. The van der Waals surface area contributed by atoms with Crippen LogP contribution in [0.1, 0.15) is 25.7 Å². The van der Waals surface area contributed by atoms with E-state index in [9.17, 15) is 14.7 Å². The van der Waals surface area contributed by atoms with Crippen LogP contribution in [0.5, 0.6) is 0 Å². The lowest BCUT2D eigenvalue weighted by Crippen LogP contribution is -2.41. The maximum Gasteiger partial charge on any atom is 0.307 e. The Morgan fingerprint density at radius 3 is 2.71 bits per heavy atom. The maximum absolute atomic E-state index is 12.3. The monoisotopic (exact) mass is 291 g/mol. The molecule has 2 bridgehead atoms. The summed E-state index contributed by atoms with van der Waals surface area (Å²) in [5.74, 6) is -1.20. The number of nitrogens with zero attached hydrogens (tertiary/aromatic N) is 2. The third kappa shape index (κ3) is 2.80. The molecule has 2 aliphatic carbocycles. The zero-order valence-corrected chi connectivity index (χ0v) is 11.9. The number of hydrogen-bond donors (Lipinski definition) is 2. The summed E-state index contributed by atoms with van der Waals surface area (Å²) in [6, 6.07) is 0. The normalized spacial score (nSPS) is 30.5. The topological polar surface area (TPSA) is 84.2 Å². The van der Waals surface area contributed by atoms with Crippen molar-refractivity contribution in [3.8, 4) is 0 Å². The molecule has 2 N–H and O–H groups in total. The number of imidazole rings is 1. The van der Waals surface area contributed by atoms with Crippen LogP contribution in [0.4, 0.5) is 0 Å². The Bertz CT molecular complexity index is 514. The van der Waals surface area contributed by atoms with Crippen molar-refractivity contribution in [2.75, 3.05) is 6.54 Å². The molecule has 0 radical (unpaired) electrons. The molecule has 1 aromatic rings. The van der Waals surface area contributed by atoms with Crippen molar-refractivity contribution >= 4 is 11.9 Å². The molecule has 0 spiro atoms. The first-order valence-corrected chi connectivity index (χ1v) is 7.63. The molecule has 114 valence electrons. The van der Waals surface area contributed by atoms with Gasteiger partial charge in [0.15, 0.2) is 0 Å². The standard InChI is InChI=1S/C15H21N3O3/c19-14(17-4-1-6-18-7-5-16-9-18)12-10-2-3-11(8-10)13(12)15(20)21/h5,7,9-13H,1-4,6,8H2,(H,17,19)(H,20,21)/t10-,11-,12+,13-/m0/s1. The number of carbonyl (C=O) groups excluding carboxylic acids is 1. The predicted octanol–water partition coefficient (Wildman–Crippen LogP) is 1.14. The SMILES string of the molecule is O=C(NCCCn1ccnc1)[C@@H]1[C@H]2CC[C@@H](C2)[C@@H]1C(=O)O. The minimum Gasteiger partial charge on any atom is -0.481 e. The molecule has 2 aliphatic rings. The van der Waals surface area contributed by atoms with Gasteiger partial charge in [-0.2, -0.15) is 0 Å². The summed E-state index contributed by atoms with van der Waals surface area (Å²) < 4.78 is 1.96. The molecule has 0 aromatic carbocycles. The maximum atomic E-state index is 12.3. The first-order valence-electron chi connectivity index (χ1n) is 7.63. The van der Waals surface area contributed by atoms with Gasteiger partial charge in [-0.3, -0.25) is 9.59 Å². The van der Waals surface area contributed by atoms with Crippen molar-refractivity contribution in [3.63, 3.8) is 0 Å². The quantitative estimate of drug-likeness (QED) is 0.770. The molecule has 0 aliphatic heterocycles. The van der Waals surface area contributed by atoms with Gasteiger partial charge in [-0.05, 0) is 37.5 Å². The van der Waals surface area contributed by atoms with Crippen molar-refractivity contribution in [2.45, 2.75) is 32.2 Å². The van der Waals surface area contributed by atoms with Crippen LogP contribution in [0, 0.1) is 23.7 Å². The molecule has 0 saturated heterocycles. The highest BCUT2D eigenvalue weighted by Gasteiger charge is 2.53. The molecule has 3 rings (SSSR count). The number of hydrogen-bond acceptors (Lipinski definition) is 3. The Labute approximate surface area is 123 Å². The third-order valence-electron chi connectivity index (χ3n) is 4.96. The number of fused-ring (bicyclic) bond motifs is 2. The molecule has 6 heteroatoms. The van der Waals surface area contributed by atoms with Gasteiger partial charge in [0.25, 0.3) is 0 Å².